The smallest absolute Gasteiger partial charge is 0.220 e. The molecule has 4 nitrogen and oxygen atoms in total. The predicted octanol–water partition coefficient (Wildman–Crippen LogP) is 3.71. The molecular weight excluding hydrogens is 362 g/mol. The molecule has 1 aliphatic heterocycles. The number of benzene rings is 2. The first-order chi connectivity index (χ1) is 13.5. The van der Waals surface area contributed by atoms with Crippen LogP contribution in [0.25, 0.3) is 0 Å². The number of amides is 1. The van der Waals surface area contributed by atoms with Gasteiger partial charge in [-0.05, 0) is 49.7 Å². The van der Waals surface area contributed by atoms with E-state index in [0.717, 1.165) is 19.4 Å². The molecule has 0 radical (unpaired) electrons. The second-order valence-electron chi connectivity index (χ2n) is 7.16. The number of rotatable bonds is 7. The van der Waals surface area contributed by atoms with Gasteiger partial charge < -0.3 is 5.32 Å². The molecule has 2 aromatic carbocycles. The van der Waals surface area contributed by atoms with Crippen molar-refractivity contribution in [3.05, 3.63) is 71.3 Å². The third kappa shape index (κ3) is 5.70. The molecule has 0 unspecified atom stereocenters. The van der Waals surface area contributed by atoms with Crippen LogP contribution in [0.5, 0.6) is 0 Å². The first kappa shape index (κ1) is 20.1. The van der Waals surface area contributed by atoms with Crippen LogP contribution in [-0.2, 0) is 11.3 Å². The minimum atomic E-state index is -0.397. The minimum absolute atomic E-state index is 0.00560. The van der Waals surface area contributed by atoms with Crippen molar-refractivity contribution in [3.8, 4) is 0 Å². The Balaban J connectivity index is 1.45. The van der Waals surface area contributed by atoms with Crippen molar-refractivity contribution in [3.63, 3.8) is 0 Å². The van der Waals surface area contributed by atoms with Gasteiger partial charge in [-0.25, -0.2) is 8.78 Å². The summed E-state index contributed by atoms with van der Waals surface area (Å²) in [4.78, 5) is 26.4. The first-order valence-corrected chi connectivity index (χ1v) is 9.55. The van der Waals surface area contributed by atoms with Crippen molar-refractivity contribution in [2.45, 2.75) is 38.3 Å². The van der Waals surface area contributed by atoms with E-state index in [1.807, 2.05) is 6.07 Å². The molecular formula is C22H24F2N2O2. The maximum Gasteiger partial charge on any atom is 0.220 e. The number of carbonyl (C=O) groups is 2. The van der Waals surface area contributed by atoms with E-state index in [-0.39, 0.29) is 36.4 Å². The maximum atomic E-state index is 13.8. The summed E-state index contributed by atoms with van der Waals surface area (Å²) in [6.45, 7) is 2.04. The van der Waals surface area contributed by atoms with Gasteiger partial charge in [0.2, 0.25) is 5.91 Å². The molecule has 0 aromatic heterocycles. The molecule has 1 N–H and O–H groups in total. The van der Waals surface area contributed by atoms with E-state index in [4.69, 9.17) is 0 Å². The molecule has 0 aliphatic carbocycles. The quantitative estimate of drug-likeness (QED) is 0.738. The normalized spacial score (nSPS) is 17.3. The molecule has 1 aliphatic rings. The average molecular weight is 386 g/mol. The van der Waals surface area contributed by atoms with E-state index in [9.17, 15) is 18.4 Å². The van der Waals surface area contributed by atoms with Gasteiger partial charge in [0.25, 0.3) is 0 Å². The molecule has 28 heavy (non-hydrogen) atoms. The number of piperidine rings is 1. The Morgan fingerprint density at radius 2 is 1.79 bits per heavy atom. The van der Waals surface area contributed by atoms with Gasteiger partial charge in [0.05, 0.1) is 0 Å². The van der Waals surface area contributed by atoms with Gasteiger partial charge in [0, 0.05) is 43.1 Å². The van der Waals surface area contributed by atoms with Gasteiger partial charge in [-0.3, -0.25) is 14.5 Å². The van der Waals surface area contributed by atoms with Crippen LogP contribution in [0, 0.1) is 11.6 Å². The molecule has 0 spiro atoms. The van der Waals surface area contributed by atoms with E-state index in [2.05, 4.69) is 10.2 Å². The third-order valence-corrected chi connectivity index (χ3v) is 4.97. The Morgan fingerprint density at radius 3 is 2.54 bits per heavy atom. The fraction of sp³-hybridized carbons (Fsp3) is 0.364. The summed E-state index contributed by atoms with van der Waals surface area (Å²) in [5, 5.41) is 2.98. The van der Waals surface area contributed by atoms with Gasteiger partial charge in [0.15, 0.2) is 5.78 Å². The van der Waals surface area contributed by atoms with E-state index >= 15 is 0 Å². The molecule has 2 aromatic rings. The molecule has 1 heterocycles. The number of hydrogen-bond acceptors (Lipinski definition) is 3. The second-order valence-corrected chi connectivity index (χ2v) is 7.16. The lowest BCUT2D eigenvalue weighted by atomic mass is 10.0. The first-order valence-electron chi connectivity index (χ1n) is 9.55. The van der Waals surface area contributed by atoms with Crippen LogP contribution in [0.3, 0.4) is 0 Å². The number of nitrogens with one attached hydrogen (secondary N) is 1. The Morgan fingerprint density at radius 1 is 1.04 bits per heavy atom. The summed E-state index contributed by atoms with van der Waals surface area (Å²) in [5.74, 6) is -0.965. The van der Waals surface area contributed by atoms with Gasteiger partial charge in [-0.2, -0.15) is 0 Å². The van der Waals surface area contributed by atoms with Gasteiger partial charge in [-0.1, -0.05) is 18.2 Å². The van der Waals surface area contributed by atoms with Crippen molar-refractivity contribution >= 4 is 11.7 Å². The van der Waals surface area contributed by atoms with E-state index in [1.165, 1.54) is 30.3 Å². The number of Topliss-reactive ketones (excluding diaryl/α,β-unsaturated/α-hetero) is 1. The number of halogens is 2. The van der Waals surface area contributed by atoms with Crippen molar-refractivity contribution in [2.75, 3.05) is 13.1 Å². The van der Waals surface area contributed by atoms with E-state index < -0.39 is 5.82 Å². The second kappa shape index (κ2) is 9.55. The molecule has 1 amide bonds. The van der Waals surface area contributed by atoms with Crippen molar-refractivity contribution in [2.24, 2.45) is 0 Å². The summed E-state index contributed by atoms with van der Waals surface area (Å²) >= 11 is 0. The van der Waals surface area contributed by atoms with E-state index in [1.54, 1.807) is 12.1 Å². The van der Waals surface area contributed by atoms with Crippen LogP contribution >= 0.6 is 0 Å². The molecule has 0 bridgehead atoms. The number of ketones is 1. The van der Waals surface area contributed by atoms with Crippen molar-refractivity contribution < 1.29 is 18.4 Å². The highest BCUT2D eigenvalue weighted by atomic mass is 19.1. The van der Waals surface area contributed by atoms with Gasteiger partial charge >= 0.3 is 0 Å². The fourth-order valence-corrected chi connectivity index (χ4v) is 3.49. The highest BCUT2D eigenvalue weighted by Crippen LogP contribution is 2.16. The van der Waals surface area contributed by atoms with Crippen LogP contribution in [0.2, 0.25) is 0 Å². The summed E-state index contributed by atoms with van der Waals surface area (Å²) in [6.07, 6.45) is 1.97. The lowest BCUT2D eigenvalue weighted by Gasteiger charge is -2.33. The number of likely N-dealkylation sites (tertiary alicyclic amines) is 1. The zero-order valence-electron chi connectivity index (χ0n) is 15.7. The molecule has 6 heteroatoms. The van der Waals surface area contributed by atoms with E-state index in [0.29, 0.717) is 24.2 Å². The van der Waals surface area contributed by atoms with Crippen LogP contribution < -0.4 is 5.32 Å². The van der Waals surface area contributed by atoms with Crippen molar-refractivity contribution in [1.29, 1.82) is 0 Å². The third-order valence-electron chi connectivity index (χ3n) is 4.97. The number of nitrogens with zero attached hydrogens (tertiary/aromatic N) is 1. The van der Waals surface area contributed by atoms with Crippen LogP contribution in [0.1, 0.15) is 41.6 Å². The largest absolute Gasteiger partial charge is 0.352 e. The molecule has 1 fully saturated rings. The standard InChI is InChI=1S/C22H24F2N2O2/c23-18-9-7-16(8-10-18)21(27)11-12-22(28)25-19-5-3-13-26(15-19)14-17-4-1-2-6-20(17)24/h1-2,4,6-10,19H,3,5,11-15H2,(H,25,28)/t19-/m1/s1. The predicted molar refractivity (Wildman–Crippen MR) is 103 cm³/mol. The Bertz CT molecular complexity index is 824. The van der Waals surface area contributed by atoms with Crippen LogP contribution in [0.4, 0.5) is 8.78 Å². The lowest BCUT2D eigenvalue weighted by Crippen LogP contribution is -2.47. The molecule has 148 valence electrons. The summed E-state index contributed by atoms with van der Waals surface area (Å²) in [5.41, 5.74) is 1.06. The van der Waals surface area contributed by atoms with Crippen LogP contribution in [0.15, 0.2) is 48.5 Å². The molecule has 1 atom stereocenters. The Labute approximate surface area is 163 Å². The molecule has 3 rings (SSSR count). The molecule has 0 saturated carbocycles. The summed E-state index contributed by atoms with van der Waals surface area (Å²) in [6, 6.07) is 12.0. The topological polar surface area (TPSA) is 49.4 Å². The zero-order chi connectivity index (χ0) is 19.9. The highest BCUT2D eigenvalue weighted by molar-refractivity contribution is 5.97. The SMILES string of the molecule is O=C(CCC(=O)c1ccc(F)cc1)N[C@@H]1CCCN(Cc2ccccc2F)C1. The Kier molecular flexibility index (Phi) is 6.87. The van der Waals surface area contributed by atoms with Crippen molar-refractivity contribution in [1.82, 2.24) is 10.2 Å². The monoisotopic (exact) mass is 386 g/mol. The highest BCUT2D eigenvalue weighted by Gasteiger charge is 2.22. The Hall–Kier alpha value is -2.60. The zero-order valence-corrected chi connectivity index (χ0v) is 15.7. The van der Waals surface area contributed by atoms with Gasteiger partial charge in [0.1, 0.15) is 11.6 Å². The number of carbonyl (C=O) groups excluding carboxylic acids is 2. The van der Waals surface area contributed by atoms with Gasteiger partial charge in [-0.15, -0.1) is 0 Å². The summed E-state index contributed by atoms with van der Waals surface area (Å²) < 4.78 is 26.8. The van der Waals surface area contributed by atoms with Crippen LogP contribution in [-0.4, -0.2) is 35.7 Å². The number of hydrogen-bond donors (Lipinski definition) is 1. The average Bonchev–Trinajstić information content (AvgIpc) is 2.69. The molecule has 1 saturated heterocycles. The maximum absolute atomic E-state index is 13.8. The fourth-order valence-electron chi connectivity index (χ4n) is 3.49. The lowest BCUT2D eigenvalue weighted by molar-refractivity contribution is -0.122. The minimum Gasteiger partial charge on any atom is -0.352 e. The summed E-state index contributed by atoms with van der Waals surface area (Å²) in [7, 11) is 0.